The molecule has 1 rings (SSSR count). The van der Waals surface area contributed by atoms with Crippen LogP contribution in [0.25, 0.3) is 0 Å². The Morgan fingerprint density at radius 3 is 2.53 bits per heavy atom. The molecule has 0 fully saturated rings. The minimum absolute atomic E-state index is 1.20. The van der Waals surface area contributed by atoms with Gasteiger partial charge in [-0.15, -0.1) is 11.3 Å². The highest BCUT2D eigenvalue weighted by Crippen LogP contribution is 2.12. The first-order valence-corrected chi connectivity index (χ1v) is 6.99. The fourth-order valence-electron chi connectivity index (χ4n) is 1.81. The van der Waals surface area contributed by atoms with Crippen LogP contribution in [-0.2, 0) is 6.42 Å². The van der Waals surface area contributed by atoms with Crippen molar-refractivity contribution < 1.29 is 0 Å². The fraction of sp³-hybridized carbons (Fsp3) is 0.692. The van der Waals surface area contributed by atoms with E-state index in [2.05, 4.69) is 36.3 Å². The average Bonchev–Trinajstić information content (AvgIpc) is 2.76. The molecule has 0 aliphatic rings. The number of aryl methyl sites for hydroxylation is 1. The molecule has 0 saturated heterocycles. The van der Waals surface area contributed by atoms with Crippen molar-refractivity contribution in [3.8, 4) is 0 Å². The smallest absolute Gasteiger partial charge is 0.00452 e. The van der Waals surface area contributed by atoms with Crippen LogP contribution < -0.4 is 0 Å². The Hall–Kier alpha value is -0.340. The van der Waals surface area contributed by atoms with Crippen molar-refractivity contribution in [1.82, 2.24) is 4.90 Å². The highest BCUT2D eigenvalue weighted by atomic mass is 32.1. The third-order valence-corrected chi connectivity index (χ3v) is 3.81. The van der Waals surface area contributed by atoms with Crippen LogP contribution in [0.5, 0.6) is 0 Å². The van der Waals surface area contributed by atoms with Gasteiger partial charge >= 0.3 is 0 Å². The second kappa shape index (κ2) is 7.89. The van der Waals surface area contributed by atoms with Crippen molar-refractivity contribution in [2.45, 2.75) is 39.5 Å². The second-order valence-corrected chi connectivity index (χ2v) is 4.95. The van der Waals surface area contributed by atoms with Crippen LogP contribution in [0.2, 0.25) is 0 Å². The van der Waals surface area contributed by atoms with Gasteiger partial charge in [-0.05, 0) is 50.3 Å². The predicted octanol–water partition coefficient (Wildman–Crippen LogP) is 3.80. The van der Waals surface area contributed by atoms with Gasteiger partial charge < -0.3 is 4.90 Å². The predicted molar refractivity (Wildman–Crippen MR) is 69.7 cm³/mol. The summed E-state index contributed by atoms with van der Waals surface area (Å²) < 4.78 is 0. The molecule has 0 spiro atoms. The Labute approximate surface area is 98.1 Å². The standard InChI is InChI=1S/C13H23NS/c1-3-14(4-2)11-7-5-6-9-13-10-8-12-15-13/h8,10,12H,3-7,9,11H2,1-2H3. The highest BCUT2D eigenvalue weighted by molar-refractivity contribution is 7.09. The number of thiophene rings is 1. The molecule has 1 nitrogen and oxygen atoms in total. The van der Waals surface area contributed by atoms with E-state index in [0.717, 1.165) is 0 Å². The molecule has 0 amide bonds. The van der Waals surface area contributed by atoms with E-state index in [-0.39, 0.29) is 0 Å². The molecule has 15 heavy (non-hydrogen) atoms. The summed E-state index contributed by atoms with van der Waals surface area (Å²) in [6.07, 6.45) is 5.35. The summed E-state index contributed by atoms with van der Waals surface area (Å²) in [7, 11) is 0. The second-order valence-electron chi connectivity index (χ2n) is 3.92. The van der Waals surface area contributed by atoms with Crippen molar-refractivity contribution in [2.75, 3.05) is 19.6 Å². The van der Waals surface area contributed by atoms with Gasteiger partial charge in [0.2, 0.25) is 0 Å². The van der Waals surface area contributed by atoms with Crippen LogP contribution in [0.15, 0.2) is 17.5 Å². The van der Waals surface area contributed by atoms with E-state index < -0.39 is 0 Å². The molecule has 0 saturated carbocycles. The summed E-state index contributed by atoms with van der Waals surface area (Å²) in [5.41, 5.74) is 0. The SMILES string of the molecule is CCN(CC)CCCCCc1cccs1. The number of unbranched alkanes of at least 4 members (excludes halogenated alkanes) is 2. The normalized spacial score (nSPS) is 11.1. The Balaban J connectivity index is 1.97. The lowest BCUT2D eigenvalue weighted by Crippen LogP contribution is -2.23. The van der Waals surface area contributed by atoms with Crippen LogP contribution in [-0.4, -0.2) is 24.5 Å². The van der Waals surface area contributed by atoms with E-state index in [9.17, 15) is 0 Å². The molecule has 1 aromatic rings. The zero-order chi connectivity index (χ0) is 10.9. The lowest BCUT2D eigenvalue weighted by atomic mass is 10.1. The number of hydrogen-bond acceptors (Lipinski definition) is 2. The van der Waals surface area contributed by atoms with Gasteiger partial charge in [0.15, 0.2) is 0 Å². The van der Waals surface area contributed by atoms with Crippen molar-refractivity contribution in [3.05, 3.63) is 22.4 Å². The lowest BCUT2D eigenvalue weighted by Gasteiger charge is -2.17. The van der Waals surface area contributed by atoms with E-state index in [0.29, 0.717) is 0 Å². The van der Waals surface area contributed by atoms with Crippen LogP contribution in [0.1, 0.15) is 38.0 Å². The molecule has 0 N–H and O–H groups in total. The molecule has 0 aromatic carbocycles. The fourth-order valence-corrected chi connectivity index (χ4v) is 2.56. The maximum Gasteiger partial charge on any atom is 0.00452 e. The molecular formula is C13H23NS. The Morgan fingerprint density at radius 2 is 1.93 bits per heavy atom. The van der Waals surface area contributed by atoms with E-state index in [1.807, 2.05) is 11.3 Å². The third-order valence-electron chi connectivity index (χ3n) is 2.87. The monoisotopic (exact) mass is 225 g/mol. The summed E-state index contributed by atoms with van der Waals surface area (Å²) in [6.45, 7) is 8.16. The Morgan fingerprint density at radius 1 is 1.13 bits per heavy atom. The molecule has 1 aromatic heterocycles. The molecule has 86 valence electrons. The summed E-state index contributed by atoms with van der Waals surface area (Å²) >= 11 is 1.89. The molecule has 0 unspecified atom stereocenters. The number of rotatable bonds is 8. The van der Waals surface area contributed by atoms with Gasteiger partial charge in [-0.2, -0.15) is 0 Å². The van der Waals surface area contributed by atoms with Crippen LogP contribution in [0.3, 0.4) is 0 Å². The van der Waals surface area contributed by atoms with Gasteiger partial charge in [0.25, 0.3) is 0 Å². The quantitative estimate of drug-likeness (QED) is 0.608. The van der Waals surface area contributed by atoms with E-state index in [4.69, 9.17) is 0 Å². The minimum Gasteiger partial charge on any atom is -0.304 e. The summed E-state index contributed by atoms with van der Waals surface area (Å²) in [6, 6.07) is 4.39. The third kappa shape index (κ3) is 5.33. The maximum absolute atomic E-state index is 2.51. The zero-order valence-electron chi connectivity index (χ0n) is 10.0. The number of hydrogen-bond donors (Lipinski definition) is 0. The van der Waals surface area contributed by atoms with Gasteiger partial charge in [-0.1, -0.05) is 26.3 Å². The highest BCUT2D eigenvalue weighted by Gasteiger charge is 1.98. The molecule has 2 heteroatoms. The molecule has 0 aliphatic heterocycles. The van der Waals surface area contributed by atoms with Gasteiger partial charge in [0, 0.05) is 4.88 Å². The van der Waals surface area contributed by atoms with Crippen LogP contribution in [0, 0.1) is 0 Å². The molecule has 0 radical (unpaired) electrons. The van der Waals surface area contributed by atoms with Gasteiger partial charge in [-0.25, -0.2) is 0 Å². The molecule has 0 aliphatic carbocycles. The molecule has 1 heterocycles. The molecule has 0 bridgehead atoms. The van der Waals surface area contributed by atoms with Crippen molar-refractivity contribution in [3.63, 3.8) is 0 Å². The van der Waals surface area contributed by atoms with Gasteiger partial charge in [0.1, 0.15) is 0 Å². The van der Waals surface area contributed by atoms with Crippen molar-refractivity contribution in [1.29, 1.82) is 0 Å². The van der Waals surface area contributed by atoms with Gasteiger partial charge in [0.05, 0.1) is 0 Å². The van der Waals surface area contributed by atoms with E-state index in [1.54, 1.807) is 0 Å². The molecular weight excluding hydrogens is 202 g/mol. The first-order chi connectivity index (χ1) is 7.36. The van der Waals surface area contributed by atoms with Gasteiger partial charge in [-0.3, -0.25) is 0 Å². The number of nitrogens with zero attached hydrogens (tertiary/aromatic N) is 1. The minimum atomic E-state index is 1.20. The first kappa shape index (κ1) is 12.7. The molecule has 0 atom stereocenters. The largest absolute Gasteiger partial charge is 0.304 e. The van der Waals surface area contributed by atoms with E-state index in [1.165, 1.54) is 50.2 Å². The Kier molecular flexibility index (Phi) is 6.69. The maximum atomic E-state index is 2.51. The van der Waals surface area contributed by atoms with Crippen LogP contribution >= 0.6 is 11.3 Å². The van der Waals surface area contributed by atoms with E-state index >= 15 is 0 Å². The summed E-state index contributed by atoms with van der Waals surface area (Å²) in [5, 5.41) is 2.17. The average molecular weight is 225 g/mol. The Bertz CT molecular complexity index is 227. The first-order valence-electron chi connectivity index (χ1n) is 6.11. The zero-order valence-corrected chi connectivity index (χ0v) is 10.9. The summed E-state index contributed by atoms with van der Waals surface area (Å²) in [4.78, 5) is 4.04. The summed E-state index contributed by atoms with van der Waals surface area (Å²) in [5.74, 6) is 0. The van der Waals surface area contributed by atoms with Crippen LogP contribution in [0.4, 0.5) is 0 Å². The van der Waals surface area contributed by atoms with Crippen molar-refractivity contribution in [2.24, 2.45) is 0 Å². The lowest BCUT2D eigenvalue weighted by molar-refractivity contribution is 0.296. The topological polar surface area (TPSA) is 3.24 Å². The van der Waals surface area contributed by atoms with Crippen molar-refractivity contribution >= 4 is 11.3 Å².